The molecule has 0 aliphatic carbocycles. The molecule has 3 heterocycles. The topological polar surface area (TPSA) is 90.3 Å². The first-order chi connectivity index (χ1) is 10.7. The molecular formula is C16H19N5O. The molecule has 4 rings (SSSR count). The van der Waals surface area contributed by atoms with Gasteiger partial charge < -0.3 is 21.1 Å². The number of nitrogen functional groups attached to an aromatic ring is 1. The maximum Gasteiger partial charge on any atom is 0.149 e. The summed E-state index contributed by atoms with van der Waals surface area (Å²) in [5, 5.41) is 0. The van der Waals surface area contributed by atoms with Crippen LogP contribution in [0.2, 0.25) is 0 Å². The summed E-state index contributed by atoms with van der Waals surface area (Å²) in [5.41, 5.74) is 13.0. The van der Waals surface area contributed by atoms with Gasteiger partial charge in [-0.25, -0.2) is 4.98 Å². The van der Waals surface area contributed by atoms with Gasteiger partial charge in [-0.1, -0.05) is 18.2 Å². The monoisotopic (exact) mass is 297 g/mol. The van der Waals surface area contributed by atoms with Gasteiger partial charge in [-0.05, 0) is 6.07 Å². The van der Waals surface area contributed by atoms with Crippen LogP contribution in [0.15, 0.2) is 36.7 Å². The van der Waals surface area contributed by atoms with Crippen molar-refractivity contribution in [3.05, 3.63) is 42.2 Å². The number of benzene rings is 1. The molecule has 1 unspecified atom stereocenters. The van der Waals surface area contributed by atoms with Crippen LogP contribution >= 0.6 is 0 Å². The molecule has 0 radical (unpaired) electrons. The van der Waals surface area contributed by atoms with Crippen LogP contribution in [-0.2, 0) is 0 Å². The molecule has 0 amide bonds. The highest BCUT2D eigenvalue weighted by Gasteiger charge is 2.48. The lowest BCUT2D eigenvalue weighted by Crippen LogP contribution is -2.51. The van der Waals surface area contributed by atoms with Gasteiger partial charge >= 0.3 is 0 Å². The number of fused-ring (bicyclic) bond motifs is 1. The van der Waals surface area contributed by atoms with E-state index in [4.69, 9.17) is 16.2 Å². The van der Waals surface area contributed by atoms with Crippen LogP contribution in [0.25, 0.3) is 0 Å². The van der Waals surface area contributed by atoms with Crippen LogP contribution < -0.4 is 21.1 Å². The first-order valence-corrected chi connectivity index (χ1v) is 7.54. The highest BCUT2D eigenvalue weighted by molar-refractivity contribution is 5.45. The third-order valence-corrected chi connectivity index (χ3v) is 4.71. The lowest BCUT2D eigenvalue weighted by Gasteiger charge is -2.41. The van der Waals surface area contributed by atoms with E-state index in [2.05, 4.69) is 20.9 Å². The third-order valence-electron chi connectivity index (χ3n) is 4.71. The molecule has 6 heteroatoms. The molecule has 2 aliphatic heterocycles. The second-order valence-electron chi connectivity index (χ2n) is 5.97. The van der Waals surface area contributed by atoms with Crippen molar-refractivity contribution in [2.24, 2.45) is 5.73 Å². The number of piperidine rings is 1. The van der Waals surface area contributed by atoms with Crippen molar-refractivity contribution in [2.75, 3.05) is 23.7 Å². The molecule has 0 saturated carbocycles. The van der Waals surface area contributed by atoms with Crippen molar-refractivity contribution in [2.45, 2.75) is 24.5 Å². The molecule has 1 atom stereocenters. The zero-order valence-corrected chi connectivity index (χ0v) is 12.3. The Kier molecular flexibility index (Phi) is 2.94. The Morgan fingerprint density at radius 2 is 1.95 bits per heavy atom. The summed E-state index contributed by atoms with van der Waals surface area (Å²) in [6.45, 7) is 1.67. The van der Waals surface area contributed by atoms with Crippen LogP contribution in [0.1, 0.15) is 24.4 Å². The fourth-order valence-corrected chi connectivity index (χ4v) is 3.45. The van der Waals surface area contributed by atoms with Crippen molar-refractivity contribution >= 4 is 11.6 Å². The number of aromatic nitrogens is 2. The predicted octanol–water partition coefficient (Wildman–Crippen LogP) is 1.49. The van der Waals surface area contributed by atoms with Crippen LogP contribution in [-0.4, -0.2) is 28.7 Å². The van der Waals surface area contributed by atoms with E-state index < -0.39 is 0 Å². The molecule has 2 aliphatic rings. The van der Waals surface area contributed by atoms with Crippen LogP contribution in [0, 0.1) is 0 Å². The first-order valence-electron chi connectivity index (χ1n) is 7.54. The summed E-state index contributed by atoms with van der Waals surface area (Å²) in [7, 11) is 0. The number of anilines is 2. The van der Waals surface area contributed by atoms with Gasteiger partial charge in [-0.15, -0.1) is 0 Å². The Balaban J connectivity index is 1.53. The quantitative estimate of drug-likeness (QED) is 0.829. The SMILES string of the molecule is Nc1cncc(N2CCC3(CC2)Oc2ccccc2C3N)n1. The normalized spacial score (nSPS) is 22.4. The van der Waals surface area contributed by atoms with E-state index >= 15 is 0 Å². The zero-order valence-electron chi connectivity index (χ0n) is 12.3. The summed E-state index contributed by atoms with van der Waals surface area (Å²) < 4.78 is 6.24. The molecule has 4 N–H and O–H groups in total. The van der Waals surface area contributed by atoms with Gasteiger partial charge in [-0.3, -0.25) is 4.98 Å². The Morgan fingerprint density at radius 1 is 1.18 bits per heavy atom. The highest BCUT2D eigenvalue weighted by Crippen LogP contribution is 2.47. The van der Waals surface area contributed by atoms with E-state index in [0.29, 0.717) is 5.82 Å². The number of nitrogens with zero attached hydrogens (tertiary/aromatic N) is 3. The van der Waals surface area contributed by atoms with Gasteiger partial charge in [0.25, 0.3) is 0 Å². The Labute approximate surface area is 129 Å². The molecule has 1 fully saturated rings. The largest absolute Gasteiger partial charge is 0.485 e. The average molecular weight is 297 g/mol. The van der Waals surface area contributed by atoms with E-state index in [-0.39, 0.29) is 11.6 Å². The molecule has 22 heavy (non-hydrogen) atoms. The van der Waals surface area contributed by atoms with Crippen molar-refractivity contribution < 1.29 is 4.74 Å². The molecule has 1 aromatic carbocycles. The molecular weight excluding hydrogens is 278 g/mol. The fourth-order valence-electron chi connectivity index (χ4n) is 3.45. The predicted molar refractivity (Wildman–Crippen MR) is 84.6 cm³/mol. The van der Waals surface area contributed by atoms with Crippen LogP contribution in [0.4, 0.5) is 11.6 Å². The summed E-state index contributed by atoms with van der Waals surface area (Å²) in [5.74, 6) is 2.19. The number of ether oxygens (including phenoxy) is 1. The third kappa shape index (κ3) is 1.99. The number of hydrogen-bond donors (Lipinski definition) is 2. The van der Waals surface area contributed by atoms with E-state index in [1.54, 1.807) is 12.4 Å². The minimum atomic E-state index is -0.298. The van der Waals surface area contributed by atoms with Gasteiger partial charge in [-0.2, -0.15) is 0 Å². The summed E-state index contributed by atoms with van der Waals surface area (Å²) in [4.78, 5) is 10.6. The number of para-hydroxylation sites is 1. The van der Waals surface area contributed by atoms with Gasteiger partial charge in [0, 0.05) is 31.5 Å². The van der Waals surface area contributed by atoms with Crippen molar-refractivity contribution in [1.29, 1.82) is 0 Å². The van der Waals surface area contributed by atoms with Crippen molar-refractivity contribution in [3.63, 3.8) is 0 Å². The molecule has 0 bridgehead atoms. The standard InChI is InChI=1S/C16H19N5O/c17-13-9-19-10-14(20-13)21-7-5-16(6-8-21)15(18)11-3-1-2-4-12(11)22-16/h1-4,9-10,15H,5-8,18H2,(H2,17,20). The lowest BCUT2D eigenvalue weighted by molar-refractivity contribution is 0.0431. The van der Waals surface area contributed by atoms with Crippen molar-refractivity contribution in [1.82, 2.24) is 9.97 Å². The van der Waals surface area contributed by atoms with Gasteiger partial charge in [0.15, 0.2) is 0 Å². The minimum absolute atomic E-state index is 0.0715. The molecule has 114 valence electrons. The molecule has 1 aromatic heterocycles. The second-order valence-corrected chi connectivity index (χ2v) is 5.97. The van der Waals surface area contributed by atoms with E-state index in [1.165, 1.54) is 0 Å². The average Bonchev–Trinajstić information content (AvgIpc) is 2.81. The minimum Gasteiger partial charge on any atom is -0.485 e. The maximum absolute atomic E-state index is 6.47. The Morgan fingerprint density at radius 3 is 2.68 bits per heavy atom. The van der Waals surface area contributed by atoms with E-state index in [0.717, 1.165) is 43.1 Å². The summed E-state index contributed by atoms with van der Waals surface area (Å²) >= 11 is 0. The maximum atomic E-state index is 6.47. The second kappa shape index (κ2) is 4.84. The molecule has 1 saturated heterocycles. The Bertz CT molecular complexity index is 696. The summed E-state index contributed by atoms with van der Waals surface area (Å²) in [6, 6.07) is 7.99. The van der Waals surface area contributed by atoms with Gasteiger partial charge in [0.2, 0.25) is 0 Å². The summed E-state index contributed by atoms with van der Waals surface area (Å²) in [6.07, 6.45) is 5.03. The number of nitrogens with two attached hydrogens (primary N) is 2. The Hall–Kier alpha value is -2.34. The van der Waals surface area contributed by atoms with Gasteiger partial charge in [0.1, 0.15) is 23.0 Å². The molecule has 1 spiro atoms. The van der Waals surface area contributed by atoms with E-state index in [9.17, 15) is 0 Å². The number of hydrogen-bond acceptors (Lipinski definition) is 6. The zero-order chi connectivity index (χ0) is 15.2. The van der Waals surface area contributed by atoms with E-state index in [1.807, 2.05) is 18.2 Å². The number of rotatable bonds is 1. The highest BCUT2D eigenvalue weighted by atomic mass is 16.5. The molecule has 2 aromatic rings. The lowest BCUT2D eigenvalue weighted by atomic mass is 9.83. The fraction of sp³-hybridized carbons (Fsp3) is 0.375. The van der Waals surface area contributed by atoms with Gasteiger partial charge in [0.05, 0.1) is 18.4 Å². The first kappa shape index (κ1) is 13.3. The van der Waals surface area contributed by atoms with Crippen molar-refractivity contribution in [3.8, 4) is 5.75 Å². The van der Waals surface area contributed by atoms with Crippen LogP contribution in [0.5, 0.6) is 5.75 Å². The smallest absolute Gasteiger partial charge is 0.149 e. The van der Waals surface area contributed by atoms with Crippen LogP contribution in [0.3, 0.4) is 0 Å². The molecule has 6 nitrogen and oxygen atoms in total.